The molecule has 0 aliphatic carbocycles. The van der Waals surface area contributed by atoms with Gasteiger partial charge in [-0.05, 0) is 59.2 Å². The number of carbonyl (C=O) groups is 1. The summed E-state index contributed by atoms with van der Waals surface area (Å²) in [6.45, 7) is 6.56. The van der Waals surface area contributed by atoms with Crippen molar-refractivity contribution in [2.45, 2.75) is 36.2 Å². The van der Waals surface area contributed by atoms with Crippen LogP contribution < -0.4 is 10.2 Å². The smallest absolute Gasteiger partial charge is 0.250 e. The Kier molecular flexibility index (Phi) is 8.91. The zero-order valence-electron chi connectivity index (χ0n) is 22.1. The second-order valence-electron chi connectivity index (χ2n) is 9.52. The first kappa shape index (κ1) is 27.5. The molecule has 1 heterocycles. The Morgan fingerprint density at radius 3 is 2.29 bits per heavy atom. The summed E-state index contributed by atoms with van der Waals surface area (Å²) in [6.07, 6.45) is 3.66. The van der Waals surface area contributed by atoms with Gasteiger partial charge < -0.3 is 4.74 Å². The predicted molar refractivity (Wildman–Crippen MR) is 157 cm³/mol. The Bertz CT molecular complexity index is 1390. The third-order valence-electron chi connectivity index (χ3n) is 5.82. The number of nitrogens with zero attached hydrogens (tertiary/aromatic N) is 4. The van der Waals surface area contributed by atoms with E-state index >= 15 is 0 Å². The Labute approximate surface area is 232 Å². The molecule has 0 atom stereocenters. The summed E-state index contributed by atoms with van der Waals surface area (Å²) in [5.41, 5.74) is 6.61. The number of rotatable bonds is 9. The van der Waals surface area contributed by atoms with E-state index in [-0.39, 0.29) is 17.1 Å². The Morgan fingerprint density at radius 1 is 1.00 bits per heavy atom. The molecule has 3 aromatic carbocycles. The molecule has 0 saturated heterocycles. The van der Waals surface area contributed by atoms with Gasteiger partial charge in [-0.15, -0.1) is 22.0 Å². The lowest BCUT2D eigenvalue weighted by Gasteiger charge is -2.19. The standard InChI is InChI=1S/C29H31N5O2S2/c1-29(2,3)22-10-8-21(9-11-22)27-32-33-28(34(27)23-12-14-24(36-4)15-13-23)38-19-26(35)31-30-18-20-6-16-25(37-5)17-7-20/h6-18H,19H2,1-5H3,(H,31,35). The molecule has 0 bridgehead atoms. The maximum Gasteiger partial charge on any atom is 0.250 e. The lowest BCUT2D eigenvalue weighted by Crippen LogP contribution is -2.20. The molecule has 1 amide bonds. The molecule has 9 heteroatoms. The third-order valence-corrected chi connectivity index (χ3v) is 7.50. The highest BCUT2D eigenvalue weighted by atomic mass is 32.2. The molecule has 0 aliphatic heterocycles. The number of hydrogen-bond donors (Lipinski definition) is 1. The molecule has 0 radical (unpaired) electrons. The molecule has 4 rings (SSSR count). The number of methoxy groups -OCH3 is 1. The number of hydrazone groups is 1. The minimum absolute atomic E-state index is 0.0526. The van der Waals surface area contributed by atoms with E-state index in [4.69, 9.17) is 4.74 Å². The summed E-state index contributed by atoms with van der Waals surface area (Å²) in [6, 6.07) is 24.0. The van der Waals surface area contributed by atoms with Gasteiger partial charge in [0.1, 0.15) is 5.75 Å². The summed E-state index contributed by atoms with van der Waals surface area (Å²) >= 11 is 2.98. The normalized spacial score (nSPS) is 11.6. The van der Waals surface area contributed by atoms with E-state index in [2.05, 4.69) is 65.8 Å². The first-order valence-electron chi connectivity index (χ1n) is 12.1. The average Bonchev–Trinajstić information content (AvgIpc) is 3.36. The molecule has 7 nitrogen and oxygen atoms in total. The zero-order valence-corrected chi connectivity index (χ0v) is 23.8. The van der Waals surface area contributed by atoms with Crippen molar-refractivity contribution in [1.29, 1.82) is 0 Å². The van der Waals surface area contributed by atoms with Gasteiger partial charge >= 0.3 is 0 Å². The zero-order chi connectivity index (χ0) is 27.1. The Hall–Kier alpha value is -3.56. The highest BCUT2D eigenvalue weighted by molar-refractivity contribution is 7.99. The molecule has 0 unspecified atom stereocenters. The average molecular weight is 546 g/mol. The van der Waals surface area contributed by atoms with Gasteiger partial charge in [0.05, 0.1) is 19.1 Å². The summed E-state index contributed by atoms with van der Waals surface area (Å²) in [5.74, 6) is 1.37. The van der Waals surface area contributed by atoms with Crippen LogP contribution in [0.2, 0.25) is 0 Å². The second kappa shape index (κ2) is 12.3. The minimum atomic E-state index is -0.229. The van der Waals surface area contributed by atoms with E-state index < -0.39 is 0 Å². The minimum Gasteiger partial charge on any atom is -0.497 e. The van der Waals surface area contributed by atoms with Crippen molar-refractivity contribution < 1.29 is 9.53 Å². The van der Waals surface area contributed by atoms with Gasteiger partial charge in [0.15, 0.2) is 11.0 Å². The molecular weight excluding hydrogens is 514 g/mol. The summed E-state index contributed by atoms with van der Waals surface area (Å²) in [7, 11) is 1.64. The van der Waals surface area contributed by atoms with Crippen molar-refractivity contribution in [3.63, 3.8) is 0 Å². The SMILES string of the molecule is COc1ccc(-n2c(SCC(=O)NN=Cc3ccc(SC)cc3)nnc2-c2ccc(C(C)(C)C)cc2)cc1. The van der Waals surface area contributed by atoms with Gasteiger partial charge in [-0.1, -0.05) is 68.9 Å². The molecule has 0 fully saturated rings. The number of amides is 1. The van der Waals surface area contributed by atoms with E-state index in [0.29, 0.717) is 11.0 Å². The molecular formula is C29H31N5O2S2. The highest BCUT2D eigenvalue weighted by Crippen LogP contribution is 2.30. The van der Waals surface area contributed by atoms with Crippen molar-refractivity contribution >= 4 is 35.6 Å². The van der Waals surface area contributed by atoms with Crippen LogP contribution in [0.15, 0.2) is 87.9 Å². The Balaban J connectivity index is 1.52. The molecule has 0 spiro atoms. The number of benzene rings is 3. The molecule has 0 aliphatic rings. The molecule has 1 aromatic heterocycles. The van der Waals surface area contributed by atoms with Crippen molar-refractivity contribution in [2.24, 2.45) is 5.10 Å². The van der Waals surface area contributed by atoms with E-state index in [1.807, 2.05) is 59.4 Å². The number of nitrogens with one attached hydrogen (secondary N) is 1. The van der Waals surface area contributed by atoms with E-state index in [0.717, 1.165) is 22.6 Å². The summed E-state index contributed by atoms with van der Waals surface area (Å²) in [5, 5.41) is 13.6. The maximum absolute atomic E-state index is 12.5. The largest absolute Gasteiger partial charge is 0.497 e. The van der Waals surface area contributed by atoms with Crippen LogP contribution in [0.4, 0.5) is 0 Å². The summed E-state index contributed by atoms with van der Waals surface area (Å²) < 4.78 is 7.28. The van der Waals surface area contributed by atoms with Gasteiger partial charge in [0, 0.05) is 16.1 Å². The van der Waals surface area contributed by atoms with Crippen LogP contribution in [0.25, 0.3) is 17.1 Å². The van der Waals surface area contributed by atoms with Gasteiger partial charge in [-0.25, -0.2) is 5.43 Å². The highest BCUT2D eigenvalue weighted by Gasteiger charge is 2.19. The molecule has 1 N–H and O–H groups in total. The number of hydrogen-bond acceptors (Lipinski definition) is 7. The summed E-state index contributed by atoms with van der Waals surface area (Å²) in [4.78, 5) is 13.7. The van der Waals surface area contributed by atoms with Crippen molar-refractivity contribution in [3.05, 3.63) is 83.9 Å². The third kappa shape index (κ3) is 6.85. The molecule has 38 heavy (non-hydrogen) atoms. The predicted octanol–water partition coefficient (Wildman–Crippen LogP) is 6.20. The number of thioether (sulfide) groups is 2. The van der Waals surface area contributed by atoms with Crippen molar-refractivity contribution in [3.8, 4) is 22.8 Å². The van der Waals surface area contributed by atoms with Gasteiger partial charge in [-0.2, -0.15) is 5.10 Å². The van der Waals surface area contributed by atoms with Crippen LogP contribution in [0.3, 0.4) is 0 Å². The number of aromatic nitrogens is 3. The monoisotopic (exact) mass is 545 g/mol. The molecule has 0 saturated carbocycles. The first-order chi connectivity index (χ1) is 18.3. The Morgan fingerprint density at radius 2 is 1.68 bits per heavy atom. The fraction of sp³-hybridized carbons (Fsp3) is 0.241. The van der Waals surface area contributed by atoms with Crippen molar-refractivity contribution in [1.82, 2.24) is 20.2 Å². The van der Waals surface area contributed by atoms with Gasteiger partial charge in [0.2, 0.25) is 0 Å². The second-order valence-corrected chi connectivity index (χ2v) is 11.3. The van der Waals surface area contributed by atoms with E-state index in [9.17, 15) is 4.79 Å². The van der Waals surface area contributed by atoms with Crippen LogP contribution in [-0.4, -0.2) is 46.0 Å². The topological polar surface area (TPSA) is 81.4 Å². The fourth-order valence-corrected chi connectivity index (χ4v) is 4.82. The van der Waals surface area contributed by atoms with Gasteiger partial charge in [0.25, 0.3) is 5.91 Å². The number of ether oxygens (including phenoxy) is 1. The van der Waals surface area contributed by atoms with Crippen molar-refractivity contribution in [2.75, 3.05) is 19.1 Å². The van der Waals surface area contributed by atoms with E-state index in [1.165, 1.54) is 22.2 Å². The lowest BCUT2D eigenvalue weighted by molar-refractivity contribution is -0.118. The lowest BCUT2D eigenvalue weighted by atomic mass is 9.87. The number of carbonyl (C=O) groups excluding carboxylic acids is 1. The quantitative estimate of drug-likeness (QED) is 0.153. The van der Waals surface area contributed by atoms with Gasteiger partial charge in [-0.3, -0.25) is 9.36 Å². The van der Waals surface area contributed by atoms with Crippen LogP contribution >= 0.6 is 23.5 Å². The fourth-order valence-electron chi connectivity index (χ4n) is 3.66. The van der Waals surface area contributed by atoms with Crippen LogP contribution in [-0.2, 0) is 10.2 Å². The molecule has 4 aromatic rings. The van der Waals surface area contributed by atoms with Crippen LogP contribution in [0, 0.1) is 0 Å². The first-order valence-corrected chi connectivity index (χ1v) is 14.3. The maximum atomic E-state index is 12.5. The van der Waals surface area contributed by atoms with E-state index in [1.54, 1.807) is 25.1 Å². The van der Waals surface area contributed by atoms with Crippen LogP contribution in [0.5, 0.6) is 5.75 Å². The van der Waals surface area contributed by atoms with Crippen LogP contribution in [0.1, 0.15) is 31.9 Å². The molecule has 196 valence electrons.